The van der Waals surface area contributed by atoms with Crippen LogP contribution in [-0.4, -0.2) is 37.8 Å². The molecule has 10 nitrogen and oxygen atoms in total. The number of phenolic OH excluding ortho intramolecular Hbond substituents is 2. The molecule has 1 aliphatic rings. The van der Waals surface area contributed by atoms with Crippen LogP contribution in [0.1, 0.15) is 11.1 Å². The second-order valence-corrected chi connectivity index (χ2v) is 7.08. The van der Waals surface area contributed by atoms with E-state index in [0.29, 0.717) is 17.2 Å². The predicted octanol–water partition coefficient (Wildman–Crippen LogP) is 2.88. The topological polar surface area (TPSA) is 193 Å². The lowest BCUT2D eigenvalue weighted by atomic mass is 10.2. The Balaban J connectivity index is 0.000000201. The molecule has 0 bridgehead atoms. The van der Waals surface area contributed by atoms with E-state index in [2.05, 4.69) is 15.0 Å². The van der Waals surface area contributed by atoms with Crippen molar-refractivity contribution in [2.45, 2.75) is 13.8 Å². The van der Waals surface area contributed by atoms with E-state index in [1.54, 1.807) is 36.4 Å². The molecule has 0 radical (unpaired) electrons. The summed E-state index contributed by atoms with van der Waals surface area (Å²) in [4.78, 5) is 22.8. The Kier molecular flexibility index (Phi) is 8.72. The van der Waals surface area contributed by atoms with Gasteiger partial charge >= 0.3 is 0 Å². The summed E-state index contributed by atoms with van der Waals surface area (Å²) in [6.07, 6.45) is 4.36. The number of nitrogens with zero attached hydrogens (tertiary/aromatic N) is 3. The molecule has 0 saturated carbocycles. The van der Waals surface area contributed by atoms with Crippen LogP contribution in [0.4, 0.5) is 17.2 Å². The number of aromatic hydroxyl groups is 3. The molecule has 176 valence electrons. The second kappa shape index (κ2) is 11.7. The average Bonchev–Trinajstić information content (AvgIpc) is 2.78. The third-order valence-corrected chi connectivity index (χ3v) is 4.36. The number of hydrogen-bond donors (Lipinski definition) is 6. The predicted molar refractivity (Wildman–Crippen MR) is 133 cm³/mol. The number of amidine groups is 2. The van der Waals surface area contributed by atoms with Crippen LogP contribution in [0.5, 0.6) is 17.2 Å². The Morgan fingerprint density at radius 2 is 1.50 bits per heavy atom. The standard InChI is InChI=1S/C12H11N3O2.C7H9NO.C5H6N2O/c1-7-6-8(16)2-3-9(7)14-11-5-4-10(17)12(13)15-11;1-5-4-6(9)2-3-7(5)8;6-5-4(8)2-1-3-7-5/h2-6,16H,1H3,(H2,13,14,15);2-4,9H,8H2,1H3;1-3,8H,(H2,6,7). The SMILES string of the molecule is Cc1cc(O)ccc1N.Cc1cc(O)ccc1N=C1C=CC(=O)C(N)=N1.Nc1ncccc1O. The van der Waals surface area contributed by atoms with E-state index in [1.807, 2.05) is 13.8 Å². The van der Waals surface area contributed by atoms with Gasteiger partial charge in [0, 0.05) is 11.9 Å². The van der Waals surface area contributed by atoms with E-state index in [-0.39, 0.29) is 34.7 Å². The zero-order chi connectivity index (χ0) is 25.3. The third-order valence-electron chi connectivity index (χ3n) is 4.36. The molecule has 0 atom stereocenters. The van der Waals surface area contributed by atoms with Crippen molar-refractivity contribution in [2.75, 3.05) is 11.5 Å². The first-order valence-corrected chi connectivity index (χ1v) is 9.96. The molecule has 10 heteroatoms. The molecule has 3 aromatic rings. The average molecular weight is 463 g/mol. The monoisotopic (exact) mass is 462 g/mol. The Bertz CT molecular complexity index is 1250. The summed E-state index contributed by atoms with van der Waals surface area (Å²) in [5, 5.41) is 26.9. The first-order valence-electron chi connectivity index (χ1n) is 9.96. The minimum absolute atomic E-state index is 0.0347. The lowest BCUT2D eigenvalue weighted by molar-refractivity contribution is -0.109. The maximum absolute atomic E-state index is 11.1. The Labute approximate surface area is 196 Å². The number of carbonyl (C=O) groups excluding carboxylic acids is 1. The van der Waals surface area contributed by atoms with Gasteiger partial charge < -0.3 is 32.5 Å². The molecule has 1 aromatic heterocycles. The van der Waals surface area contributed by atoms with Crippen LogP contribution in [-0.2, 0) is 4.79 Å². The first-order chi connectivity index (χ1) is 16.1. The summed E-state index contributed by atoms with van der Waals surface area (Å²) < 4.78 is 0. The molecule has 0 fully saturated rings. The van der Waals surface area contributed by atoms with Crippen molar-refractivity contribution in [1.29, 1.82) is 0 Å². The van der Waals surface area contributed by atoms with Gasteiger partial charge in [-0.1, -0.05) is 0 Å². The van der Waals surface area contributed by atoms with Gasteiger partial charge in [0.05, 0.1) is 5.69 Å². The highest BCUT2D eigenvalue weighted by molar-refractivity contribution is 6.46. The summed E-state index contributed by atoms with van der Waals surface area (Å²) in [6.45, 7) is 3.68. The van der Waals surface area contributed by atoms with E-state index < -0.39 is 0 Å². The third kappa shape index (κ3) is 7.68. The number of aromatic nitrogens is 1. The number of benzene rings is 2. The maximum atomic E-state index is 11.1. The van der Waals surface area contributed by atoms with Crippen molar-refractivity contribution in [3.8, 4) is 17.2 Å². The molecule has 2 aromatic carbocycles. The van der Waals surface area contributed by atoms with Crippen LogP contribution in [0.3, 0.4) is 0 Å². The van der Waals surface area contributed by atoms with Gasteiger partial charge in [-0.3, -0.25) is 4.79 Å². The van der Waals surface area contributed by atoms with Gasteiger partial charge in [-0.15, -0.1) is 0 Å². The highest BCUT2D eigenvalue weighted by atomic mass is 16.3. The fourth-order valence-corrected chi connectivity index (χ4v) is 2.47. The van der Waals surface area contributed by atoms with Gasteiger partial charge in [0.2, 0.25) is 5.78 Å². The largest absolute Gasteiger partial charge is 0.508 e. The number of pyridine rings is 1. The van der Waals surface area contributed by atoms with Crippen LogP contribution >= 0.6 is 0 Å². The number of nitrogens with two attached hydrogens (primary N) is 3. The van der Waals surface area contributed by atoms with Crippen molar-refractivity contribution in [3.63, 3.8) is 0 Å². The Hall–Kier alpha value is -4.86. The van der Waals surface area contributed by atoms with Crippen molar-refractivity contribution in [3.05, 3.63) is 78.0 Å². The van der Waals surface area contributed by atoms with Crippen molar-refractivity contribution in [2.24, 2.45) is 15.7 Å². The number of nitrogen functional groups attached to an aromatic ring is 2. The number of dihydropyridines is 1. The van der Waals surface area contributed by atoms with Gasteiger partial charge in [-0.05, 0) is 85.7 Å². The molecule has 2 heterocycles. The van der Waals surface area contributed by atoms with Crippen LogP contribution in [0.15, 0.2) is 76.9 Å². The maximum Gasteiger partial charge on any atom is 0.220 e. The smallest absolute Gasteiger partial charge is 0.220 e. The molecule has 0 amide bonds. The molecule has 34 heavy (non-hydrogen) atoms. The molecule has 1 aliphatic heterocycles. The van der Waals surface area contributed by atoms with Crippen LogP contribution < -0.4 is 17.2 Å². The number of phenols is 2. The number of aliphatic imine (C=N–C) groups is 2. The van der Waals surface area contributed by atoms with E-state index in [4.69, 9.17) is 27.4 Å². The van der Waals surface area contributed by atoms with Gasteiger partial charge in [0.1, 0.15) is 11.5 Å². The molecule has 0 spiro atoms. The molecule has 0 unspecified atom stereocenters. The lowest BCUT2D eigenvalue weighted by Crippen LogP contribution is -2.25. The first kappa shape index (κ1) is 25.4. The van der Waals surface area contributed by atoms with Crippen molar-refractivity contribution < 1.29 is 20.1 Å². The fraction of sp³-hybridized carbons (Fsp3) is 0.0833. The quantitative estimate of drug-likeness (QED) is 0.234. The number of carbonyl (C=O) groups is 1. The number of rotatable bonds is 1. The molecule has 0 aliphatic carbocycles. The summed E-state index contributed by atoms with van der Waals surface area (Å²) in [6, 6.07) is 12.8. The number of ketones is 1. The fourth-order valence-electron chi connectivity index (χ4n) is 2.47. The lowest BCUT2D eigenvalue weighted by Gasteiger charge is -2.04. The van der Waals surface area contributed by atoms with Gasteiger partial charge in [0.25, 0.3) is 0 Å². The zero-order valence-corrected chi connectivity index (χ0v) is 18.7. The van der Waals surface area contributed by atoms with E-state index in [1.165, 1.54) is 30.5 Å². The number of hydrogen-bond acceptors (Lipinski definition) is 9. The highest BCUT2D eigenvalue weighted by Crippen LogP contribution is 2.23. The number of aryl methyl sites for hydroxylation is 2. The summed E-state index contributed by atoms with van der Waals surface area (Å²) in [7, 11) is 0. The molecule has 4 rings (SSSR count). The summed E-state index contributed by atoms with van der Waals surface area (Å²) >= 11 is 0. The molecular weight excluding hydrogens is 436 g/mol. The normalized spacial score (nSPS) is 13.3. The minimum Gasteiger partial charge on any atom is -0.508 e. The zero-order valence-electron chi connectivity index (χ0n) is 18.7. The Morgan fingerprint density at radius 3 is 2.00 bits per heavy atom. The van der Waals surface area contributed by atoms with Crippen molar-refractivity contribution in [1.82, 2.24) is 4.98 Å². The van der Waals surface area contributed by atoms with Crippen molar-refractivity contribution >= 4 is 34.6 Å². The molecular formula is C24H26N6O4. The van der Waals surface area contributed by atoms with E-state index in [0.717, 1.165) is 11.1 Å². The summed E-state index contributed by atoms with van der Waals surface area (Å²) in [5.41, 5.74) is 19.2. The highest BCUT2D eigenvalue weighted by Gasteiger charge is 2.10. The Morgan fingerprint density at radius 1 is 0.853 bits per heavy atom. The minimum atomic E-state index is -0.314. The van der Waals surface area contributed by atoms with Gasteiger partial charge in [-0.25, -0.2) is 15.0 Å². The van der Waals surface area contributed by atoms with Crippen LogP contribution in [0.25, 0.3) is 0 Å². The number of anilines is 2. The summed E-state index contributed by atoms with van der Waals surface area (Å²) in [5.74, 6) is 0.649. The second-order valence-electron chi connectivity index (χ2n) is 7.08. The van der Waals surface area contributed by atoms with Crippen LogP contribution in [0, 0.1) is 13.8 Å². The van der Waals surface area contributed by atoms with Crippen LogP contribution in [0.2, 0.25) is 0 Å². The van der Waals surface area contributed by atoms with Gasteiger partial charge in [0.15, 0.2) is 23.2 Å². The van der Waals surface area contributed by atoms with E-state index >= 15 is 0 Å². The van der Waals surface area contributed by atoms with E-state index in [9.17, 15) is 9.90 Å². The van der Waals surface area contributed by atoms with Gasteiger partial charge in [-0.2, -0.15) is 0 Å². The molecule has 9 N–H and O–H groups in total. The molecule has 0 saturated heterocycles.